The number of thiophene rings is 1. The van der Waals surface area contributed by atoms with Crippen LogP contribution in [0.25, 0.3) is 15.9 Å². The molecule has 126 valence electrons. The highest BCUT2D eigenvalue weighted by atomic mass is 32.1. The average Bonchev–Trinajstić information content (AvgIpc) is 3.07. The Bertz CT molecular complexity index is 859. The van der Waals surface area contributed by atoms with Crippen LogP contribution in [0.3, 0.4) is 0 Å². The molecular weight excluding hydrogens is 324 g/mol. The van der Waals surface area contributed by atoms with Gasteiger partial charge in [0.1, 0.15) is 4.70 Å². The summed E-state index contributed by atoms with van der Waals surface area (Å²) in [7, 11) is 1.96. The summed E-state index contributed by atoms with van der Waals surface area (Å²) in [6, 6.07) is 1.98. The Morgan fingerprint density at radius 2 is 2.17 bits per heavy atom. The molecule has 0 amide bonds. The molecule has 4 rings (SSSR count). The summed E-state index contributed by atoms with van der Waals surface area (Å²) < 4.78 is 12.2. The molecule has 0 radical (unpaired) electrons. The van der Waals surface area contributed by atoms with Gasteiger partial charge in [0.2, 0.25) is 5.43 Å². The molecule has 1 aliphatic heterocycles. The van der Waals surface area contributed by atoms with E-state index in [0.29, 0.717) is 35.4 Å². The van der Waals surface area contributed by atoms with Gasteiger partial charge >= 0.3 is 0 Å². The molecule has 0 bridgehead atoms. The number of nitrogens with zero attached hydrogens (tertiary/aromatic N) is 1. The quantitative estimate of drug-likeness (QED) is 0.928. The van der Waals surface area contributed by atoms with Crippen LogP contribution in [0.1, 0.15) is 12.0 Å². The average molecular weight is 344 g/mol. The predicted octanol–water partition coefficient (Wildman–Crippen LogP) is 2.62. The fraction of sp³-hybridized carbons (Fsp3) is 0.389. The third-order valence-corrected chi connectivity index (χ3v) is 5.51. The molecule has 1 saturated heterocycles. The molecular formula is C18H20N2O3S. The van der Waals surface area contributed by atoms with Gasteiger partial charge in [0.05, 0.1) is 13.2 Å². The molecule has 6 heteroatoms. The molecule has 2 aliphatic rings. The topological polar surface area (TPSA) is 54.7 Å². The number of fused-ring (bicyclic) bond motifs is 1. The fourth-order valence-corrected chi connectivity index (χ4v) is 4.02. The molecule has 24 heavy (non-hydrogen) atoms. The number of ether oxygens (including phenoxy) is 1. The summed E-state index contributed by atoms with van der Waals surface area (Å²) in [6.45, 7) is 2.83. The lowest BCUT2D eigenvalue weighted by atomic mass is 9.98. The van der Waals surface area contributed by atoms with Gasteiger partial charge in [-0.3, -0.25) is 4.79 Å². The van der Waals surface area contributed by atoms with Crippen molar-refractivity contribution in [1.82, 2.24) is 5.32 Å². The monoisotopic (exact) mass is 344 g/mol. The van der Waals surface area contributed by atoms with Crippen LogP contribution in [0.4, 0.5) is 5.88 Å². The summed E-state index contributed by atoms with van der Waals surface area (Å²) in [5.74, 6) is 0.643. The van der Waals surface area contributed by atoms with Gasteiger partial charge in [0, 0.05) is 36.1 Å². The zero-order chi connectivity index (χ0) is 16.5. The SMILES string of the molecule is CNC1C=CC(c2csc3c(=O)cc(N4CCOCC4)oc23)=CC1. The van der Waals surface area contributed by atoms with Crippen molar-refractivity contribution < 1.29 is 9.15 Å². The second-order valence-electron chi connectivity index (χ2n) is 6.01. The minimum atomic E-state index is 0.0301. The zero-order valence-electron chi connectivity index (χ0n) is 13.6. The van der Waals surface area contributed by atoms with Gasteiger partial charge in [-0.1, -0.05) is 18.2 Å². The maximum atomic E-state index is 12.5. The maximum absolute atomic E-state index is 12.5. The molecule has 1 fully saturated rings. The molecule has 1 unspecified atom stereocenters. The van der Waals surface area contributed by atoms with Crippen molar-refractivity contribution in [3.05, 3.63) is 45.5 Å². The Morgan fingerprint density at radius 3 is 2.88 bits per heavy atom. The largest absolute Gasteiger partial charge is 0.439 e. The molecule has 0 aromatic carbocycles. The minimum Gasteiger partial charge on any atom is -0.439 e. The molecule has 1 aliphatic carbocycles. The number of nitrogens with one attached hydrogen (secondary N) is 1. The molecule has 2 aromatic rings. The van der Waals surface area contributed by atoms with Crippen molar-refractivity contribution in [3.63, 3.8) is 0 Å². The van der Waals surface area contributed by atoms with E-state index in [9.17, 15) is 4.79 Å². The van der Waals surface area contributed by atoms with E-state index in [-0.39, 0.29) is 5.43 Å². The van der Waals surface area contributed by atoms with Crippen molar-refractivity contribution in [2.24, 2.45) is 0 Å². The van der Waals surface area contributed by atoms with Gasteiger partial charge in [-0.25, -0.2) is 0 Å². The first kappa shape index (κ1) is 15.6. The van der Waals surface area contributed by atoms with E-state index in [2.05, 4.69) is 28.4 Å². The molecule has 1 atom stereocenters. The van der Waals surface area contributed by atoms with Crippen molar-refractivity contribution >= 4 is 33.1 Å². The van der Waals surface area contributed by atoms with Crippen molar-refractivity contribution in [2.45, 2.75) is 12.5 Å². The second-order valence-corrected chi connectivity index (χ2v) is 6.89. The van der Waals surface area contributed by atoms with E-state index in [1.807, 2.05) is 12.4 Å². The maximum Gasteiger partial charge on any atom is 0.204 e. The summed E-state index contributed by atoms with van der Waals surface area (Å²) in [6.07, 6.45) is 7.40. The van der Waals surface area contributed by atoms with Crippen LogP contribution in [0.15, 0.2) is 38.9 Å². The molecule has 3 heterocycles. The van der Waals surface area contributed by atoms with Crippen LogP contribution in [0.2, 0.25) is 0 Å². The highest BCUT2D eigenvalue weighted by Gasteiger charge is 2.19. The molecule has 2 aromatic heterocycles. The van der Waals surface area contributed by atoms with Crippen molar-refractivity contribution in [1.29, 1.82) is 0 Å². The van der Waals surface area contributed by atoms with Gasteiger partial charge < -0.3 is 19.4 Å². The Balaban J connectivity index is 1.75. The van der Waals surface area contributed by atoms with Crippen LogP contribution < -0.4 is 15.6 Å². The lowest BCUT2D eigenvalue weighted by molar-refractivity contribution is 0.121. The fourth-order valence-electron chi connectivity index (χ4n) is 3.10. The number of hydrogen-bond acceptors (Lipinski definition) is 6. The van der Waals surface area contributed by atoms with Crippen molar-refractivity contribution in [3.8, 4) is 0 Å². The third-order valence-electron chi connectivity index (χ3n) is 4.53. The normalized spacial score (nSPS) is 21.3. The molecule has 5 nitrogen and oxygen atoms in total. The first-order valence-electron chi connectivity index (χ1n) is 8.20. The number of anilines is 1. The Morgan fingerprint density at radius 1 is 1.33 bits per heavy atom. The zero-order valence-corrected chi connectivity index (χ0v) is 14.4. The minimum absolute atomic E-state index is 0.0301. The number of rotatable bonds is 3. The molecule has 1 N–H and O–H groups in total. The Labute approximate surface area is 144 Å². The smallest absolute Gasteiger partial charge is 0.204 e. The van der Waals surface area contributed by atoms with E-state index in [1.165, 1.54) is 11.3 Å². The summed E-state index contributed by atoms with van der Waals surface area (Å²) in [5, 5.41) is 5.27. The first-order valence-corrected chi connectivity index (χ1v) is 9.08. The Hall–Kier alpha value is -1.89. The van der Waals surface area contributed by atoms with E-state index in [0.717, 1.165) is 30.6 Å². The van der Waals surface area contributed by atoms with Crippen LogP contribution in [-0.4, -0.2) is 39.4 Å². The predicted molar refractivity (Wildman–Crippen MR) is 98.0 cm³/mol. The lowest BCUT2D eigenvalue weighted by Gasteiger charge is -2.27. The summed E-state index contributed by atoms with van der Waals surface area (Å²) in [4.78, 5) is 14.6. The van der Waals surface area contributed by atoms with Gasteiger partial charge in [0.25, 0.3) is 0 Å². The highest BCUT2D eigenvalue weighted by Crippen LogP contribution is 2.34. The van der Waals surface area contributed by atoms with Gasteiger partial charge in [-0.05, 0) is 19.0 Å². The summed E-state index contributed by atoms with van der Waals surface area (Å²) in [5.41, 5.74) is 2.86. The molecule has 0 spiro atoms. The number of allylic oxidation sites excluding steroid dienone is 2. The van der Waals surface area contributed by atoms with Crippen molar-refractivity contribution in [2.75, 3.05) is 38.3 Å². The Kier molecular flexibility index (Phi) is 4.26. The van der Waals surface area contributed by atoms with Gasteiger partial charge in [-0.15, -0.1) is 11.3 Å². The number of morpholine rings is 1. The van der Waals surface area contributed by atoms with E-state index >= 15 is 0 Å². The first-order chi connectivity index (χ1) is 11.8. The van der Waals surface area contributed by atoms with Crippen LogP contribution in [-0.2, 0) is 4.74 Å². The molecule has 0 saturated carbocycles. The van der Waals surface area contributed by atoms with Crippen LogP contribution in [0, 0.1) is 0 Å². The third kappa shape index (κ3) is 2.81. The number of likely N-dealkylation sites (N-methyl/N-ethyl adjacent to an activating group) is 1. The van der Waals surface area contributed by atoms with E-state index < -0.39 is 0 Å². The van der Waals surface area contributed by atoms with Crippen LogP contribution >= 0.6 is 11.3 Å². The lowest BCUT2D eigenvalue weighted by Crippen LogP contribution is -2.36. The van der Waals surface area contributed by atoms with Gasteiger partial charge in [-0.2, -0.15) is 0 Å². The highest BCUT2D eigenvalue weighted by molar-refractivity contribution is 7.17. The second kappa shape index (κ2) is 6.55. The standard InChI is InChI=1S/C18H20N2O3S/c1-19-13-4-2-12(3-5-13)14-11-24-18-15(21)10-16(23-17(14)18)20-6-8-22-9-7-20/h2-4,10-11,13,19H,5-9H2,1H3. The van der Waals surface area contributed by atoms with Crippen LogP contribution in [0.5, 0.6) is 0 Å². The van der Waals surface area contributed by atoms with E-state index in [1.54, 1.807) is 6.07 Å². The van der Waals surface area contributed by atoms with E-state index in [4.69, 9.17) is 9.15 Å². The number of hydrogen-bond donors (Lipinski definition) is 1. The van der Waals surface area contributed by atoms with Gasteiger partial charge in [0.15, 0.2) is 11.5 Å². The summed E-state index contributed by atoms with van der Waals surface area (Å²) >= 11 is 1.46.